The second-order valence-corrected chi connectivity index (χ2v) is 10.5. The molecule has 1 amide bonds. The van der Waals surface area contributed by atoms with Crippen molar-refractivity contribution in [1.29, 1.82) is 0 Å². The summed E-state index contributed by atoms with van der Waals surface area (Å²) < 4.78 is 27.7. The number of Topliss-reactive ketones (excluding diaryl/α,β-unsaturated/α-hetero) is 1. The number of carbonyl (C=O) groups is 2. The van der Waals surface area contributed by atoms with Gasteiger partial charge in [-0.15, -0.1) is 10.2 Å². The lowest BCUT2D eigenvalue weighted by atomic mass is 10.0. The summed E-state index contributed by atoms with van der Waals surface area (Å²) in [6.07, 6.45) is 1.45. The maximum absolute atomic E-state index is 13.1. The zero-order valence-electron chi connectivity index (χ0n) is 17.4. The second-order valence-electron chi connectivity index (χ2n) is 7.55. The number of para-hydroxylation sites is 1. The number of amides is 1. The summed E-state index contributed by atoms with van der Waals surface area (Å²) in [4.78, 5) is 24.1. The zero-order valence-corrected chi connectivity index (χ0v) is 19.0. The van der Waals surface area contributed by atoms with Crippen molar-refractivity contribution >= 4 is 38.7 Å². The average Bonchev–Trinajstić information content (AvgIpc) is 3.30. The van der Waals surface area contributed by atoms with Crippen LogP contribution < -0.4 is 5.32 Å². The Morgan fingerprint density at radius 1 is 1.06 bits per heavy atom. The van der Waals surface area contributed by atoms with Crippen LogP contribution in [0.15, 0.2) is 59.5 Å². The number of rotatable bonds is 6. The van der Waals surface area contributed by atoms with E-state index in [1.807, 2.05) is 18.2 Å². The van der Waals surface area contributed by atoms with Gasteiger partial charge in [-0.2, -0.15) is 4.31 Å². The molecule has 1 fully saturated rings. The molecule has 0 unspecified atom stereocenters. The number of sulfonamides is 1. The van der Waals surface area contributed by atoms with Crippen molar-refractivity contribution in [3.05, 3.63) is 70.2 Å². The minimum Gasteiger partial charge on any atom is -0.320 e. The monoisotopic (exact) mass is 470 g/mol. The van der Waals surface area contributed by atoms with Crippen molar-refractivity contribution in [2.45, 2.75) is 30.6 Å². The first-order valence-electron chi connectivity index (χ1n) is 10.2. The average molecular weight is 471 g/mol. The van der Waals surface area contributed by atoms with Gasteiger partial charge in [-0.3, -0.25) is 9.59 Å². The first-order chi connectivity index (χ1) is 15.3. The Morgan fingerprint density at radius 3 is 2.47 bits per heavy atom. The van der Waals surface area contributed by atoms with Gasteiger partial charge in [-0.25, -0.2) is 8.42 Å². The lowest BCUT2D eigenvalue weighted by Gasteiger charge is -2.30. The lowest BCUT2D eigenvalue weighted by molar-refractivity contribution is 0.101. The van der Waals surface area contributed by atoms with Crippen molar-refractivity contribution in [1.82, 2.24) is 14.5 Å². The largest absolute Gasteiger partial charge is 0.320 e. The SMILES string of the molecule is CC(=O)c1ccc(S(=O)(=O)N2CCC[C@H](c3nnc(C(=O)Nc4ccccc4)s3)C2)cc1. The van der Waals surface area contributed by atoms with Gasteiger partial charge >= 0.3 is 0 Å². The Morgan fingerprint density at radius 2 is 1.78 bits per heavy atom. The molecule has 8 nitrogen and oxygen atoms in total. The van der Waals surface area contributed by atoms with Crippen molar-refractivity contribution in [3.63, 3.8) is 0 Å². The van der Waals surface area contributed by atoms with Crippen LogP contribution in [0.25, 0.3) is 0 Å². The third-order valence-electron chi connectivity index (χ3n) is 5.30. The Hall–Kier alpha value is -2.95. The first kappa shape index (κ1) is 22.3. The second kappa shape index (κ2) is 9.27. The number of anilines is 1. The van der Waals surface area contributed by atoms with E-state index in [0.717, 1.165) is 6.42 Å². The van der Waals surface area contributed by atoms with E-state index in [9.17, 15) is 18.0 Å². The molecule has 1 aliphatic heterocycles. The number of hydrogen-bond donors (Lipinski definition) is 1. The molecule has 2 heterocycles. The van der Waals surface area contributed by atoms with Crippen LogP contribution in [0.1, 0.15) is 50.9 Å². The van der Waals surface area contributed by atoms with Gasteiger partial charge < -0.3 is 5.32 Å². The highest BCUT2D eigenvalue weighted by molar-refractivity contribution is 7.89. The highest BCUT2D eigenvalue weighted by Crippen LogP contribution is 2.32. The number of aromatic nitrogens is 2. The smallest absolute Gasteiger partial charge is 0.286 e. The summed E-state index contributed by atoms with van der Waals surface area (Å²) in [6, 6.07) is 15.1. The van der Waals surface area contributed by atoms with E-state index < -0.39 is 10.0 Å². The van der Waals surface area contributed by atoms with Crippen LogP contribution in [0, 0.1) is 0 Å². The number of piperidine rings is 1. The highest BCUT2D eigenvalue weighted by atomic mass is 32.2. The maximum atomic E-state index is 13.1. The number of benzene rings is 2. The number of carbonyl (C=O) groups excluding carboxylic acids is 2. The zero-order chi connectivity index (χ0) is 22.7. The summed E-state index contributed by atoms with van der Waals surface area (Å²) in [5.41, 5.74) is 1.13. The van der Waals surface area contributed by atoms with Gasteiger partial charge in [-0.05, 0) is 44.0 Å². The summed E-state index contributed by atoms with van der Waals surface area (Å²) in [5.74, 6) is -0.591. The molecule has 0 bridgehead atoms. The molecule has 32 heavy (non-hydrogen) atoms. The summed E-state index contributed by atoms with van der Waals surface area (Å²) in [6.45, 7) is 2.12. The molecule has 0 saturated carbocycles. The van der Waals surface area contributed by atoms with E-state index in [4.69, 9.17) is 0 Å². The highest BCUT2D eigenvalue weighted by Gasteiger charge is 2.33. The Labute approximate surface area is 190 Å². The molecule has 0 spiro atoms. The topological polar surface area (TPSA) is 109 Å². The van der Waals surface area contributed by atoms with E-state index in [-0.39, 0.29) is 34.1 Å². The van der Waals surface area contributed by atoms with Gasteiger partial charge in [0.2, 0.25) is 15.0 Å². The van der Waals surface area contributed by atoms with Crippen LogP contribution in [-0.2, 0) is 10.0 Å². The van der Waals surface area contributed by atoms with Crippen LogP contribution in [-0.4, -0.2) is 47.7 Å². The molecule has 1 saturated heterocycles. The maximum Gasteiger partial charge on any atom is 0.286 e. The minimum absolute atomic E-state index is 0.115. The van der Waals surface area contributed by atoms with Crippen LogP contribution in [0.5, 0.6) is 0 Å². The quantitative estimate of drug-likeness (QED) is 0.552. The molecule has 0 aliphatic carbocycles. The van der Waals surface area contributed by atoms with Crippen LogP contribution in [0.2, 0.25) is 0 Å². The molecule has 1 aromatic heterocycles. The van der Waals surface area contributed by atoms with Crippen molar-refractivity contribution in [3.8, 4) is 0 Å². The van der Waals surface area contributed by atoms with Gasteiger partial charge in [0, 0.05) is 30.3 Å². The Balaban J connectivity index is 1.47. The number of nitrogens with zero attached hydrogens (tertiary/aromatic N) is 3. The number of hydrogen-bond acceptors (Lipinski definition) is 7. The van der Waals surface area contributed by atoms with Gasteiger partial charge in [-0.1, -0.05) is 41.7 Å². The molecule has 166 valence electrons. The predicted molar refractivity (Wildman–Crippen MR) is 121 cm³/mol. The first-order valence-corrected chi connectivity index (χ1v) is 12.4. The summed E-state index contributed by atoms with van der Waals surface area (Å²) >= 11 is 1.19. The molecule has 10 heteroatoms. The number of ketones is 1. The van der Waals surface area contributed by atoms with E-state index in [1.165, 1.54) is 46.8 Å². The molecule has 1 atom stereocenters. The fraction of sp³-hybridized carbons (Fsp3) is 0.273. The normalized spacial score (nSPS) is 17.1. The Kier molecular flexibility index (Phi) is 6.45. The third kappa shape index (κ3) is 4.77. The van der Waals surface area contributed by atoms with Gasteiger partial charge in [0.05, 0.1) is 4.90 Å². The molecule has 1 aliphatic rings. The third-order valence-corrected chi connectivity index (χ3v) is 8.26. The molecular weight excluding hydrogens is 448 g/mol. The van der Waals surface area contributed by atoms with Gasteiger partial charge in [0.15, 0.2) is 5.78 Å². The Bertz CT molecular complexity index is 1220. The van der Waals surface area contributed by atoms with Crippen molar-refractivity contribution in [2.75, 3.05) is 18.4 Å². The van der Waals surface area contributed by atoms with E-state index in [1.54, 1.807) is 12.1 Å². The van der Waals surface area contributed by atoms with Crippen molar-refractivity contribution in [2.24, 2.45) is 0 Å². The van der Waals surface area contributed by atoms with Gasteiger partial charge in [0.1, 0.15) is 5.01 Å². The minimum atomic E-state index is -3.70. The molecule has 4 rings (SSSR count). The lowest BCUT2D eigenvalue weighted by Crippen LogP contribution is -2.39. The summed E-state index contributed by atoms with van der Waals surface area (Å²) in [7, 11) is -3.70. The molecule has 0 radical (unpaired) electrons. The molecule has 2 aromatic carbocycles. The van der Waals surface area contributed by atoms with E-state index in [2.05, 4.69) is 15.5 Å². The fourth-order valence-electron chi connectivity index (χ4n) is 3.57. The van der Waals surface area contributed by atoms with Gasteiger partial charge in [0.25, 0.3) is 5.91 Å². The molecular formula is C22H22N4O4S2. The van der Waals surface area contributed by atoms with Crippen LogP contribution in [0.3, 0.4) is 0 Å². The standard InChI is InChI=1S/C22H22N4O4S2/c1-15(27)16-9-11-19(12-10-16)32(29,30)26-13-5-6-17(14-26)21-24-25-22(31-21)20(28)23-18-7-3-2-4-8-18/h2-4,7-12,17H,5-6,13-14H2,1H3,(H,23,28)/t17-/m0/s1. The fourth-order valence-corrected chi connectivity index (χ4v) is 5.96. The predicted octanol–water partition coefficient (Wildman–Crippen LogP) is 3.56. The molecule has 1 N–H and O–H groups in total. The van der Waals surface area contributed by atoms with E-state index in [0.29, 0.717) is 29.2 Å². The van der Waals surface area contributed by atoms with Crippen LogP contribution in [0.4, 0.5) is 5.69 Å². The van der Waals surface area contributed by atoms with Crippen molar-refractivity contribution < 1.29 is 18.0 Å². The number of nitrogens with one attached hydrogen (secondary N) is 1. The molecule has 3 aromatic rings. The summed E-state index contributed by atoms with van der Waals surface area (Å²) in [5, 5.41) is 11.9. The van der Waals surface area contributed by atoms with Crippen LogP contribution >= 0.6 is 11.3 Å². The van der Waals surface area contributed by atoms with E-state index >= 15 is 0 Å².